The molecule has 5 rings (SSSR count). The van der Waals surface area contributed by atoms with Crippen molar-refractivity contribution in [3.63, 3.8) is 0 Å². The van der Waals surface area contributed by atoms with Crippen molar-refractivity contribution in [1.82, 2.24) is 14.5 Å². The highest BCUT2D eigenvalue weighted by molar-refractivity contribution is 5.64. The molecule has 2 heterocycles. The molecule has 1 N–H and O–H groups in total. The zero-order valence-electron chi connectivity index (χ0n) is 20.0. The lowest BCUT2D eigenvalue weighted by Crippen LogP contribution is -2.18. The van der Waals surface area contributed by atoms with Crippen LogP contribution in [0.25, 0.3) is 17.1 Å². The maximum absolute atomic E-state index is 15.1. The lowest BCUT2D eigenvalue weighted by atomic mass is 10.1. The third-order valence-corrected chi connectivity index (χ3v) is 6.11. The molecule has 8 nitrogen and oxygen atoms in total. The van der Waals surface area contributed by atoms with Gasteiger partial charge in [-0.25, -0.2) is 4.98 Å². The molecular formula is C28H23FN4O4. The van der Waals surface area contributed by atoms with Crippen molar-refractivity contribution in [1.29, 1.82) is 0 Å². The lowest BCUT2D eigenvalue weighted by Gasteiger charge is -2.13. The number of nitro groups is 1. The number of aromatic amines is 1. The molecule has 2 aliphatic heterocycles. The first kappa shape index (κ1) is 24.1. The standard InChI is InChI=1S/C28H23FN4O4/c1-37-17-20-10-5-9-19(13-20)15-23-28(34)32-16-24(21-11-6-12-25(26(21)29)33(35)36)30-22(27(32)31-23)14-18-7-3-2-4-8-18/h2-13,16,30H,14-15,17H2,1H3. The molecule has 0 atom stereocenters. The van der Waals surface area contributed by atoms with Gasteiger partial charge in [0.1, 0.15) is 5.69 Å². The van der Waals surface area contributed by atoms with Gasteiger partial charge in [-0.3, -0.25) is 19.5 Å². The minimum Gasteiger partial charge on any atom is -0.380 e. The zero-order chi connectivity index (χ0) is 25.9. The van der Waals surface area contributed by atoms with Crippen LogP contribution in [0, 0.1) is 15.9 Å². The first-order valence-electron chi connectivity index (χ1n) is 11.6. The summed E-state index contributed by atoms with van der Waals surface area (Å²) < 4.78 is 21.7. The van der Waals surface area contributed by atoms with E-state index in [9.17, 15) is 14.9 Å². The fraction of sp³-hybridized carbons (Fsp3) is 0.143. The fourth-order valence-electron chi connectivity index (χ4n) is 4.41. The normalized spacial score (nSPS) is 11.2. The molecular weight excluding hydrogens is 475 g/mol. The van der Waals surface area contributed by atoms with Crippen molar-refractivity contribution >= 4 is 5.69 Å². The smallest absolute Gasteiger partial charge is 0.305 e. The summed E-state index contributed by atoms with van der Waals surface area (Å²) in [5.41, 5.74) is 3.05. The van der Waals surface area contributed by atoms with Gasteiger partial charge in [0.2, 0.25) is 5.82 Å². The Kier molecular flexibility index (Phi) is 6.61. The van der Waals surface area contributed by atoms with Gasteiger partial charge in [-0.05, 0) is 22.8 Å². The number of nitrogens with zero attached hydrogens (tertiary/aromatic N) is 3. The average molecular weight is 499 g/mol. The number of imidazole rings is 1. The molecule has 9 heteroatoms. The summed E-state index contributed by atoms with van der Waals surface area (Å²) >= 11 is 0. The topological polar surface area (TPSA) is 103 Å². The summed E-state index contributed by atoms with van der Waals surface area (Å²) in [5.74, 6) is -0.553. The van der Waals surface area contributed by atoms with Crippen molar-refractivity contribution in [2.24, 2.45) is 0 Å². The highest BCUT2D eigenvalue weighted by Crippen LogP contribution is 2.30. The van der Waals surface area contributed by atoms with E-state index in [0.29, 0.717) is 36.7 Å². The number of aromatic nitrogens is 3. The summed E-state index contributed by atoms with van der Waals surface area (Å²) in [5, 5.41) is 11.3. The zero-order valence-corrected chi connectivity index (χ0v) is 20.0. The summed E-state index contributed by atoms with van der Waals surface area (Å²) in [6.07, 6.45) is 2.16. The van der Waals surface area contributed by atoms with Crippen molar-refractivity contribution in [3.05, 3.63) is 133 Å². The molecule has 0 amide bonds. The van der Waals surface area contributed by atoms with Crippen molar-refractivity contribution < 1.29 is 14.1 Å². The number of fused-ring (bicyclic) bond motifs is 1. The summed E-state index contributed by atoms with van der Waals surface area (Å²) in [4.78, 5) is 31.8. The van der Waals surface area contributed by atoms with Crippen LogP contribution in [-0.2, 0) is 24.2 Å². The molecule has 37 heavy (non-hydrogen) atoms. The third kappa shape index (κ3) is 4.89. The number of rotatable bonds is 8. The number of benzene rings is 3. The van der Waals surface area contributed by atoms with Crippen LogP contribution >= 0.6 is 0 Å². The van der Waals surface area contributed by atoms with Crippen LogP contribution in [0.1, 0.15) is 28.1 Å². The highest BCUT2D eigenvalue weighted by atomic mass is 19.1. The number of halogens is 1. The molecule has 0 unspecified atom stereocenters. The summed E-state index contributed by atoms with van der Waals surface area (Å²) in [7, 11) is 1.62. The molecule has 0 saturated carbocycles. The van der Waals surface area contributed by atoms with Gasteiger partial charge in [0.25, 0.3) is 5.56 Å². The van der Waals surface area contributed by atoms with Crippen LogP contribution in [0.3, 0.4) is 0 Å². The van der Waals surface area contributed by atoms with Gasteiger partial charge in [0, 0.05) is 37.8 Å². The Morgan fingerprint density at radius 2 is 1.73 bits per heavy atom. The van der Waals surface area contributed by atoms with E-state index in [1.807, 2.05) is 54.6 Å². The molecule has 0 saturated heterocycles. The number of hydrogen-bond donors (Lipinski definition) is 1. The molecule has 0 aliphatic carbocycles. The molecule has 0 bridgehead atoms. The minimum absolute atomic E-state index is 0.00710. The first-order valence-corrected chi connectivity index (χ1v) is 11.6. The third-order valence-electron chi connectivity index (χ3n) is 6.11. The second kappa shape index (κ2) is 10.2. The van der Waals surface area contributed by atoms with E-state index in [2.05, 4.69) is 9.97 Å². The Balaban J connectivity index is 1.65. The predicted octanol–water partition coefficient (Wildman–Crippen LogP) is 5.04. The molecule has 0 radical (unpaired) electrons. The van der Waals surface area contributed by atoms with Gasteiger partial charge in [-0.1, -0.05) is 60.7 Å². The van der Waals surface area contributed by atoms with Crippen LogP contribution in [0.4, 0.5) is 10.1 Å². The number of nitrogens with one attached hydrogen (secondary N) is 1. The molecule has 0 aromatic heterocycles. The number of H-pyrrole nitrogens is 1. The van der Waals surface area contributed by atoms with Crippen LogP contribution in [-0.4, -0.2) is 26.6 Å². The van der Waals surface area contributed by atoms with E-state index in [1.165, 1.54) is 22.9 Å². The molecule has 186 valence electrons. The summed E-state index contributed by atoms with van der Waals surface area (Å²) in [6.45, 7) is 0.456. The largest absolute Gasteiger partial charge is 0.380 e. The fourth-order valence-corrected chi connectivity index (χ4v) is 4.41. The van der Waals surface area contributed by atoms with E-state index in [1.54, 1.807) is 7.11 Å². The Morgan fingerprint density at radius 1 is 1.00 bits per heavy atom. The average Bonchev–Trinajstić information content (AvgIpc) is 3.20. The predicted molar refractivity (Wildman–Crippen MR) is 137 cm³/mol. The van der Waals surface area contributed by atoms with Gasteiger partial charge in [-0.15, -0.1) is 0 Å². The molecule has 3 aromatic carbocycles. The quantitative estimate of drug-likeness (QED) is 0.238. The van der Waals surface area contributed by atoms with Crippen molar-refractivity contribution in [2.75, 3.05) is 7.11 Å². The Morgan fingerprint density at radius 3 is 2.49 bits per heavy atom. The number of hydrogen-bond acceptors (Lipinski definition) is 5. The molecule has 2 aliphatic rings. The van der Waals surface area contributed by atoms with Crippen LogP contribution < -0.4 is 5.56 Å². The van der Waals surface area contributed by atoms with E-state index in [4.69, 9.17) is 4.74 Å². The van der Waals surface area contributed by atoms with E-state index in [0.717, 1.165) is 22.8 Å². The molecule has 0 fully saturated rings. The van der Waals surface area contributed by atoms with Crippen LogP contribution in [0.5, 0.6) is 0 Å². The maximum atomic E-state index is 15.1. The van der Waals surface area contributed by atoms with Gasteiger partial charge >= 0.3 is 5.69 Å². The monoisotopic (exact) mass is 498 g/mol. The van der Waals surface area contributed by atoms with E-state index >= 15 is 4.39 Å². The summed E-state index contributed by atoms with van der Waals surface area (Å²) in [6, 6.07) is 21.3. The SMILES string of the molecule is COCc1cccc(Cc2nc3c(Cc4ccccc4)[nH]c(-c4cccc([N+](=O)[O-])c4F)cn-3c2=O)c1. The number of methoxy groups -OCH3 is 1. The Labute approximate surface area is 211 Å². The van der Waals surface area contributed by atoms with Gasteiger partial charge in [0.05, 0.1) is 22.9 Å². The van der Waals surface area contributed by atoms with Crippen molar-refractivity contribution in [2.45, 2.75) is 19.4 Å². The maximum Gasteiger partial charge on any atom is 0.305 e. The van der Waals surface area contributed by atoms with Gasteiger partial charge in [-0.2, -0.15) is 4.39 Å². The Hall–Kier alpha value is -4.63. The second-order valence-electron chi connectivity index (χ2n) is 8.69. The first-order chi connectivity index (χ1) is 17.9. The van der Waals surface area contributed by atoms with Gasteiger partial charge < -0.3 is 9.72 Å². The Bertz CT molecular complexity index is 1610. The number of nitro benzene ring substituents is 1. The molecule has 3 aromatic rings. The van der Waals surface area contributed by atoms with E-state index in [-0.39, 0.29) is 16.8 Å². The lowest BCUT2D eigenvalue weighted by molar-refractivity contribution is -0.387. The number of ether oxygens (including phenoxy) is 1. The van der Waals surface area contributed by atoms with E-state index < -0.39 is 16.4 Å². The second-order valence-corrected chi connectivity index (χ2v) is 8.69. The van der Waals surface area contributed by atoms with Gasteiger partial charge in [0.15, 0.2) is 5.82 Å². The van der Waals surface area contributed by atoms with Crippen LogP contribution in [0.2, 0.25) is 0 Å². The van der Waals surface area contributed by atoms with Crippen LogP contribution in [0.15, 0.2) is 83.8 Å². The molecule has 0 spiro atoms. The highest BCUT2D eigenvalue weighted by Gasteiger charge is 2.24. The minimum atomic E-state index is -0.975. The van der Waals surface area contributed by atoms with Crippen molar-refractivity contribution in [3.8, 4) is 17.1 Å².